The van der Waals surface area contributed by atoms with Gasteiger partial charge >= 0.3 is 0 Å². The zero-order chi connectivity index (χ0) is 15.7. The Labute approximate surface area is 150 Å². The van der Waals surface area contributed by atoms with Crippen molar-refractivity contribution in [3.8, 4) is 0 Å². The van der Waals surface area contributed by atoms with Gasteiger partial charge in [0, 0.05) is 35.7 Å². The molecule has 1 amide bonds. The van der Waals surface area contributed by atoms with E-state index in [-0.39, 0.29) is 23.2 Å². The first-order chi connectivity index (χ1) is 10.5. The highest BCUT2D eigenvalue weighted by atomic mass is 79.9. The fraction of sp³-hybridized carbons (Fsp3) is 0.500. The lowest BCUT2D eigenvalue weighted by atomic mass is 10.0. The third-order valence-electron chi connectivity index (χ3n) is 3.77. The summed E-state index contributed by atoms with van der Waals surface area (Å²) >= 11 is 3.32. The summed E-state index contributed by atoms with van der Waals surface area (Å²) in [4.78, 5) is 11.6. The average Bonchev–Trinajstić information content (AvgIpc) is 3.27. The number of aryl methyl sites for hydroxylation is 1. The highest BCUT2D eigenvalue weighted by molar-refractivity contribution is 9.10. The molecule has 1 fully saturated rings. The zero-order valence-corrected chi connectivity index (χ0v) is 15.6. The second kappa shape index (κ2) is 7.48. The van der Waals surface area contributed by atoms with E-state index in [2.05, 4.69) is 31.3 Å². The maximum absolute atomic E-state index is 12.4. The van der Waals surface area contributed by atoms with Crippen molar-refractivity contribution in [2.75, 3.05) is 18.4 Å². The van der Waals surface area contributed by atoms with E-state index in [4.69, 9.17) is 0 Å². The van der Waals surface area contributed by atoms with Gasteiger partial charge in [-0.25, -0.2) is 13.1 Å². The fourth-order valence-electron chi connectivity index (χ4n) is 2.41. The highest BCUT2D eigenvalue weighted by Gasteiger charge is 2.24. The Hall–Kier alpha value is -0.670. The standard InChI is InChI=1S/C14H18BrN3O3S.ClH/c15-11-7-9-1-4-14(19)18-12(9)8-13(11)22(20,21)17-6-5-16-10-2-3-10;/h7-8,10,16-17H,1-6H2,(H,18,19);1H. The number of rotatable bonds is 6. The number of benzene rings is 1. The van der Waals surface area contributed by atoms with Gasteiger partial charge in [-0.1, -0.05) is 0 Å². The highest BCUT2D eigenvalue weighted by Crippen LogP contribution is 2.31. The second-order valence-electron chi connectivity index (χ2n) is 5.61. The van der Waals surface area contributed by atoms with Crippen LogP contribution in [-0.2, 0) is 21.2 Å². The lowest BCUT2D eigenvalue weighted by Gasteiger charge is -2.19. The minimum atomic E-state index is -3.61. The number of hydrogen-bond acceptors (Lipinski definition) is 4. The molecule has 1 saturated carbocycles. The Morgan fingerprint density at radius 1 is 1.22 bits per heavy atom. The van der Waals surface area contributed by atoms with E-state index < -0.39 is 10.0 Å². The number of carbonyl (C=O) groups excluding carboxylic acids is 1. The van der Waals surface area contributed by atoms with Crippen molar-refractivity contribution in [1.82, 2.24) is 10.0 Å². The van der Waals surface area contributed by atoms with Crippen LogP contribution in [0.3, 0.4) is 0 Å². The first-order valence-corrected chi connectivity index (χ1v) is 9.58. The molecule has 0 spiro atoms. The minimum Gasteiger partial charge on any atom is -0.326 e. The number of anilines is 1. The third kappa shape index (κ3) is 4.67. The molecule has 2 aliphatic rings. The number of fused-ring (bicyclic) bond motifs is 1. The Kier molecular flexibility index (Phi) is 6.07. The molecular weight excluding hydrogens is 406 g/mol. The van der Waals surface area contributed by atoms with Gasteiger partial charge in [0.05, 0.1) is 4.90 Å². The molecule has 1 aliphatic carbocycles. The van der Waals surface area contributed by atoms with E-state index in [1.54, 1.807) is 6.07 Å². The van der Waals surface area contributed by atoms with Crippen molar-refractivity contribution in [2.24, 2.45) is 0 Å². The van der Waals surface area contributed by atoms with Crippen LogP contribution in [0.5, 0.6) is 0 Å². The summed E-state index contributed by atoms with van der Waals surface area (Å²) in [7, 11) is -3.61. The first-order valence-electron chi connectivity index (χ1n) is 7.31. The SMILES string of the molecule is Cl.O=C1CCc2cc(Br)c(S(=O)(=O)NCCNC3CC3)cc2N1. The average molecular weight is 425 g/mol. The fourth-order valence-corrected chi connectivity index (χ4v) is 4.56. The van der Waals surface area contributed by atoms with Crippen LogP contribution in [0.4, 0.5) is 5.69 Å². The maximum atomic E-state index is 12.4. The van der Waals surface area contributed by atoms with E-state index in [9.17, 15) is 13.2 Å². The molecule has 0 radical (unpaired) electrons. The minimum absolute atomic E-state index is 0. The van der Waals surface area contributed by atoms with Crippen LogP contribution in [-0.4, -0.2) is 33.5 Å². The molecule has 0 bridgehead atoms. The van der Waals surface area contributed by atoms with Gasteiger partial charge < -0.3 is 10.6 Å². The summed E-state index contributed by atoms with van der Waals surface area (Å²) in [5, 5.41) is 5.98. The van der Waals surface area contributed by atoms with Crippen LogP contribution in [0.25, 0.3) is 0 Å². The normalized spacial score (nSPS) is 17.2. The van der Waals surface area contributed by atoms with Crippen molar-refractivity contribution >= 4 is 50.0 Å². The number of carbonyl (C=O) groups is 1. The van der Waals surface area contributed by atoms with Crippen molar-refractivity contribution in [2.45, 2.75) is 36.6 Å². The molecule has 128 valence electrons. The molecule has 1 aromatic rings. The number of halogens is 2. The monoisotopic (exact) mass is 423 g/mol. The van der Waals surface area contributed by atoms with Gasteiger partial charge in [0.15, 0.2) is 0 Å². The van der Waals surface area contributed by atoms with Crippen molar-refractivity contribution in [1.29, 1.82) is 0 Å². The van der Waals surface area contributed by atoms with Gasteiger partial charge in [-0.15, -0.1) is 12.4 Å². The summed E-state index contributed by atoms with van der Waals surface area (Å²) < 4.78 is 27.9. The Balaban J connectivity index is 0.00000192. The van der Waals surface area contributed by atoms with Crippen LogP contribution in [0.2, 0.25) is 0 Å². The zero-order valence-electron chi connectivity index (χ0n) is 12.4. The predicted octanol–water partition coefficient (Wildman–Crippen LogP) is 1.79. The lowest BCUT2D eigenvalue weighted by molar-refractivity contribution is -0.116. The third-order valence-corrected chi connectivity index (χ3v) is 6.19. The van der Waals surface area contributed by atoms with Gasteiger partial charge in [-0.05, 0) is 52.9 Å². The Bertz CT molecular complexity index is 707. The summed E-state index contributed by atoms with van der Waals surface area (Å²) in [5.41, 5.74) is 1.52. The molecule has 0 unspecified atom stereocenters. The molecular formula is C14H19BrClN3O3S. The van der Waals surface area contributed by atoms with Crippen LogP contribution >= 0.6 is 28.3 Å². The quantitative estimate of drug-likeness (QED) is 0.608. The van der Waals surface area contributed by atoms with Crippen molar-refractivity contribution in [3.05, 3.63) is 22.2 Å². The summed E-state index contributed by atoms with van der Waals surface area (Å²) in [5.74, 6) is -0.0836. The van der Waals surface area contributed by atoms with Crippen molar-refractivity contribution < 1.29 is 13.2 Å². The van der Waals surface area contributed by atoms with Gasteiger partial charge in [-0.2, -0.15) is 0 Å². The van der Waals surface area contributed by atoms with E-state index in [1.807, 2.05) is 0 Å². The van der Waals surface area contributed by atoms with Crippen LogP contribution in [0.15, 0.2) is 21.5 Å². The topological polar surface area (TPSA) is 87.3 Å². The number of hydrogen-bond donors (Lipinski definition) is 3. The number of amides is 1. The lowest BCUT2D eigenvalue weighted by Crippen LogP contribution is -2.33. The van der Waals surface area contributed by atoms with E-state index in [0.717, 1.165) is 5.56 Å². The number of sulfonamides is 1. The van der Waals surface area contributed by atoms with Gasteiger partial charge in [-0.3, -0.25) is 4.79 Å². The van der Waals surface area contributed by atoms with Crippen molar-refractivity contribution in [3.63, 3.8) is 0 Å². The second-order valence-corrected chi connectivity index (χ2v) is 8.20. The summed E-state index contributed by atoms with van der Waals surface area (Å²) in [6, 6.07) is 3.84. The molecule has 3 rings (SSSR count). The molecule has 3 N–H and O–H groups in total. The molecule has 1 aliphatic heterocycles. The Morgan fingerprint density at radius 3 is 2.65 bits per heavy atom. The Morgan fingerprint density at radius 2 is 1.96 bits per heavy atom. The molecule has 0 saturated heterocycles. The van der Waals surface area contributed by atoms with Gasteiger partial charge in [0.2, 0.25) is 15.9 Å². The summed E-state index contributed by atoms with van der Waals surface area (Å²) in [6.07, 6.45) is 3.39. The van der Waals surface area contributed by atoms with E-state index >= 15 is 0 Å². The first kappa shape index (κ1) is 18.7. The van der Waals surface area contributed by atoms with Crippen LogP contribution in [0.1, 0.15) is 24.8 Å². The maximum Gasteiger partial charge on any atom is 0.241 e. The van der Waals surface area contributed by atoms with Gasteiger partial charge in [0.1, 0.15) is 0 Å². The molecule has 1 heterocycles. The molecule has 0 aromatic heterocycles. The van der Waals surface area contributed by atoms with E-state index in [1.165, 1.54) is 18.9 Å². The van der Waals surface area contributed by atoms with Crippen LogP contribution in [0, 0.1) is 0 Å². The molecule has 1 aromatic carbocycles. The van der Waals surface area contributed by atoms with Crippen LogP contribution < -0.4 is 15.4 Å². The molecule has 23 heavy (non-hydrogen) atoms. The largest absolute Gasteiger partial charge is 0.326 e. The summed E-state index contributed by atoms with van der Waals surface area (Å²) in [6.45, 7) is 0.956. The molecule has 6 nitrogen and oxygen atoms in total. The predicted molar refractivity (Wildman–Crippen MR) is 94.6 cm³/mol. The van der Waals surface area contributed by atoms with Gasteiger partial charge in [0.25, 0.3) is 0 Å². The number of nitrogens with one attached hydrogen (secondary N) is 3. The molecule has 0 atom stereocenters. The molecule has 9 heteroatoms. The van der Waals surface area contributed by atoms with E-state index in [0.29, 0.717) is 42.1 Å². The smallest absolute Gasteiger partial charge is 0.241 e.